The minimum absolute atomic E-state index is 0.217. The van der Waals surface area contributed by atoms with Crippen LogP contribution >= 0.6 is 0 Å². The Morgan fingerprint density at radius 3 is 2.81 bits per heavy atom. The maximum Gasteiger partial charge on any atom is 0.356 e. The summed E-state index contributed by atoms with van der Waals surface area (Å²) in [7, 11) is 1.96. The zero-order valence-electron chi connectivity index (χ0n) is 15.3. The third kappa shape index (κ3) is 3.94. The summed E-state index contributed by atoms with van der Waals surface area (Å²) >= 11 is 0. The third-order valence-electron chi connectivity index (χ3n) is 4.21. The van der Waals surface area contributed by atoms with E-state index < -0.39 is 11.8 Å². The van der Waals surface area contributed by atoms with Crippen LogP contribution in [0, 0.1) is 6.92 Å². The number of aryl methyl sites for hydroxylation is 2. The first-order valence-corrected chi connectivity index (χ1v) is 8.67. The Bertz CT molecular complexity index is 797. The molecule has 0 aliphatic carbocycles. The monoisotopic (exact) mass is 358 g/mol. The van der Waals surface area contributed by atoms with E-state index in [1.165, 1.54) is 0 Å². The summed E-state index contributed by atoms with van der Waals surface area (Å²) in [4.78, 5) is 17.7. The lowest BCUT2D eigenvalue weighted by Gasteiger charge is -2.27. The van der Waals surface area contributed by atoms with Crippen LogP contribution in [0.2, 0.25) is 0 Å². The van der Waals surface area contributed by atoms with Crippen molar-refractivity contribution in [2.75, 3.05) is 13.2 Å². The van der Waals surface area contributed by atoms with Gasteiger partial charge >= 0.3 is 5.97 Å². The maximum absolute atomic E-state index is 12.0. The molecule has 0 saturated heterocycles. The topological polar surface area (TPSA) is 65.9 Å². The van der Waals surface area contributed by atoms with Crippen LogP contribution < -0.4 is 4.57 Å². The van der Waals surface area contributed by atoms with Crippen molar-refractivity contribution in [2.45, 2.75) is 32.6 Å². The molecule has 2 heterocycles. The van der Waals surface area contributed by atoms with Gasteiger partial charge in [0.05, 0.1) is 26.7 Å². The number of oxime groups is 1. The van der Waals surface area contributed by atoms with Crippen molar-refractivity contribution in [3.05, 3.63) is 54.1 Å². The number of aromatic nitrogens is 2. The second-order valence-electron chi connectivity index (χ2n) is 6.31. The van der Waals surface area contributed by atoms with E-state index in [-0.39, 0.29) is 12.1 Å². The quantitative estimate of drug-likeness (QED) is 0.559. The van der Waals surface area contributed by atoms with Gasteiger partial charge in [-0.2, -0.15) is 0 Å². The fourth-order valence-electron chi connectivity index (χ4n) is 2.81. The molecule has 0 fully saturated rings. The Morgan fingerprint density at radius 1 is 1.38 bits per heavy atom. The zero-order valence-corrected chi connectivity index (χ0v) is 15.3. The van der Waals surface area contributed by atoms with Gasteiger partial charge in [0, 0.05) is 5.56 Å². The first kappa shape index (κ1) is 18.1. The van der Waals surface area contributed by atoms with E-state index in [4.69, 9.17) is 14.3 Å². The minimum atomic E-state index is -1.11. The largest absolute Gasteiger partial charge is 0.461 e. The van der Waals surface area contributed by atoms with Crippen LogP contribution in [0.1, 0.15) is 24.5 Å². The Hall–Kier alpha value is -2.67. The lowest BCUT2D eigenvalue weighted by atomic mass is 9.99. The van der Waals surface area contributed by atoms with Crippen LogP contribution in [-0.4, -0.2) is 29.5 Å². The van der Waals surface area contributed by atoms with Gasteiger partial charge in [-0.15, -0.1) is 0 Å². The summed E-state index contributed by atoms with van der Waals surface area (Å²) in [6, 6.07) is 7.85. The molecule has 7 nitrogen and oxygen atoms in total. The number of carbonyl (C=O) groups is 1. The predicted octanol–water partition coefficient (Wildman–Crippen LogP) is 1.83. The molecule has 0 amide bonds. The van der Waals surface area contributed by atoms with E-state index in [2.05, 4.69) is 5.16 Å². The lowest BCUT2D eigenvalue weighted by molar-refractivity contribution is -0.671. The molecule has 0 spiro atoms. The fourth-order valence-corrected chi connectivity index (χ4v) is 2.81. The highest BCUT2D eigenvalue weighted by atomic mass is 16.8. The Balaban J connectivity index is 1.74. The van der Waals surface area contributed by atoms with Gasteiger partial charge in [0.25, 0.3) is 5.79 Å². The molecule has 2 aromatic rings. The summed E-state index contributed by atoms with van der Waals surface area (Å²) < 4.78 is 15.1. The van der Waals surface area contributed by atoms with E-state index in [1.54, 1.807) is 6.92 Å². The number of carbonyl (C=O) groups excluding carboxylic acids is 1. The molecule has 1 aliphatic heterocycles. The first-order chi connectivity index (χ1) is 12.5. The normalized spacial score (nSPS) is 19.1. The average Bonchev–Trinajstić information content (AvgIpc) is 3.23. The molecule has 0 bridgehead atoms. The Kier molecular flexibility index (Phi) is 5.37. The summed E-state index contributed by atoms with van der Waals surface area (Å²) in [5.41, 5.74) is 2.19. The fraction of sp³-hybridized carbons (Fsp3) is 0.421. The molecule has 1 unspecified atom stereocenters. The second-order valence-corrected chi connectivity index (χ2v) is 6.31. The molecule has 138 valence electrons. The van der Waals surface area contributed by atoms with Crippen molar-refractivity contribution in [2.24, 2.45) is 12.2 Å². The van der Waals surface area contributed by atoms with Crippen molar-refractivity contribution < 1.29 is 23.7 Å². The van der Waals surface area contributed by atoms with Gasteiger partial charge in [-0.25, -0.2) is 13.9 Å². The number of nitrogens with zero attached hydrogens (tertiary/aromatic N) is 3. The molecule has 0 radical (unpaired) electrons. The van der Waals surface area contributed by atoms with Gasteiger partial charge in [0.1, 0.15) is 18.9 Å². The van der Waals surface area contributed by atoms with E-state index in [0.717, 1.165) is 11.1 Å². The first-order valence-electron chi connectivity index (χ1n) is 8.67. The van der Waals surface area contributed by atoms with Crippen LogP contribution in [0.5, 0.6) is 0 Å². The molecule has 0 saturated carbocycles. The van der Waals surface area contributed by atoms with Crippen molar-refractivity contribution in [3.8, 4) is 0 Å². The smallest absolute Gasteiger partial charge is 0.356 e. The molecular formula is C19H24N3O4+. The number of hydrogen-bond donors (Lipinski definition) is 0. The molecule has 26 heavy (non-hydrogen) atoms. The van der Waals surface area contributed by atoms with Crippen LogP contribution in [0.15, 0.2) is 48.1 Å². The SMILES string of the molecule is CCOC(=O)C1=NOC(OCCn2cc[n+](C)c2)(c2ccc(C)cc2)C1. The Morgan fingerprint density at radius 2 is 2.15 bits per heavy atom. The summed E-state index contributed by atoms with van der Waals surface area (Å²) in [6.45, 7) is 5.14. The Labute approximate surface area is 152 Å². The van der Waals surface area contributed by atoms with Gasteiger partial charge < -0.3 is 14.3 Å². The highest BCUT2D eigenvalue weighted by Crippen LogP contribution is 2.36. The molecule has 1 atom stereocenters. The van der Waals surface area contributed by atoms with Gasteiger partial charge in [0.2, 0.25) is 6.33 Å². The number of ether oxygens (including phenoxy) is 2. The van der Waals surface area contributed by atoms with Crippen LogP contribution in [-0.2, 0) is 38.5 Å². The lowest BCUT2D eigenvalue weighted by Crippen LogP contribution is -2.33. The molecule has 3 rings (SSSR count). The van der Waals surface area contributed by atoms with E-state index >= 15 is 0 Å². The number of esters is 1. The van der Waals surface area contributed by atoms with Gasteiger partial charge in [0.15, 0.2) is 5.71 Å². The average molecular weight is 358 g/mol. The predicted molar refractivity (Wildman–Crippen MR) is 94.2 cm³/mol. The third-order valence-corrected chi connectivity index (χ3v) is 4.21. The molecule has 7 heteroatoms. The summed E-state index contributed by atoms with van der Waals surface area (Å²) in [5, 5.41) is 3.94. The highest BCUT2D eigenvalue weighted by Gasteiger charge is 2.45. The summed E-state index contributed by atoms with van der Waals surface area (Å²) in [5.74, 6) is -1.58. The number of hydrogen-bond acceptors (Lipinski definition) is 5. The molecule has 0 N–H and O–H groups in total. The second kappa shape index (κ2) is 7.70. The van der Waals surface area contributed by atoms with Crippen LogP contribution in [0.4, 0.5) is 0 Å². The molecule has 1 aromatic carbocycles. The van der Waals surface area contributed by atoms with Crippen molar-refractivity contribution in [3.63, 3.8) is 0 Å². The minimum Gasteiger partial charge on any atom is -0.461 e. The zero-order chi connectivity index (χ0) is 18.6. The van der Waals surface area contributed by atoms with E-state index in [0.29, 0.717) is 19.8 Å². The number of rotatable bonds is 7. The molecule has 1 aromatic heterocycles. The number of benzene rings is 1. The maximum atomic E-state index is 12.0. The molecular weight excluding hydrogens is 334 g/mol. The highest BCUT2D eigenvalue weighted by molar-refractivity contribution is 6.36. The van der Waals surface area contributed by atoms with Gasteiger partial charge in [-0.05, 0) is 13.8 Å². The molecule has 1 aliphatic rings. The van der Waals surface area contributed by atoms with Crippen molar-refractivity contribution in [1.29, 1.82) is 0 Å². The van der Waals surface area contributed by atoms with Crippen molar-refractivity contribution >= 4 is 11.7 Å². The summed E-state index contributed by atoms with van der Waals surface area (Å²) in [6.07, 6.45) is 6.12. The number of imidazole rings is 1. The van der Waals surface area contributed by atoms with Gasteiger partial charge in [-0.3, -0.25) is 0 Å². The standard InChI is InChI=1S/C19H24N3O4/c1-4-24-18(23)17-13-19(26-20-17,16-7-5-15(2)6-8-16)25-12-11-22-10-9-21(3)14-22/h5-10,14H,4,11-13H2,1-3H3/q+1. The van der Waals surface area contributed by atoms with Crippen LogP contribution in [0.3, 0.4) is 0 Å². The van der Waals surface area contributed by atoms with E-state index in [9.17, 15) is 4.79 Å². The van der Waals surface area contributed by atoms with Crippen LogP contribution in [0.25, 0.3) is 0 Å². The van der Waals surface area contributed by atoms with Gasteiger partial charge in [-0.1, -0.05) is 35.0 Å². The van der Waals surface area contributed by atoms with E-state index in [1.807, 2.05) is 66.1 Å². The van der Waals surface area contributed by atoms with Crippen molar-refractivity contribution in [1.82, 2.24) is 4.57 Å².